The molecule has 186 valence electrons. The van der Waals surface area contributed by atoms with Crippen LogP contribution in [0, 0.1) is 0 Å². The summed E-state index contributed by atoms with van der Waals surface area (Å²) < 4.78 is 18.3. The van der Waals surface area contributed by atoms with Crippen molar-refractivity contribution < 1.29 is 8.96 Å². The van der Waals surface area contributed by atoms with Crippen molar-refractivity contribution in [3.63, 3.8) is 0 Å². The predicted molar refractivity (Wildman–Crippen MR) is 147 cm³/mol. The molecule has 0 saturated carbocycles. The Hall–Kier alpha value is -2.94. The lowest BCUT2D eigenvalue weighted by atomic mass is 9.74. The van der Waals surface area contributed by atoms with E-state index in [4.69, 9.17) is 0 Å². The average Bonchev–Trinajstić information content (AvgIpc) is 3.24. The van der Waals surface area contributed by atoms with Crippen molar-refractivity contribution in [3.8, 4) is 11.4 Å². The standard InChI is InChI=1S/C32H42FN2/c1-7-21-35-23-22-34(6)31(35)28-18-12-13-19-29(28)32(5,8-2)20-14-15-25(3)30(26(4)24-33)27-16-10-9-11-17-27/h9-13,15-19,22-23H,7-8,14,20-21,24H2,1-6H3/q+1/b25-15-,30-26+. The summed E-state index contributed by atoms with van der Waals surface area (Å²) in [7, 11) is 2.14. The largest absolute Gasteiger partial charge is 0.288 e. The van der Waals surface area contributed by atoms with E-state index in [1.54, 1.807) is 0 Å². The number of allylic oxidation sites excluding steroid dienone is 4. The Morgan fingerprint density at radius 2 is 1.71 bits per heavy atom. The smallest absolute Gasteiger partial charge is 0.246 e. The van der Waals surface area contributed by atoms with Crippen LogP contribution in [0.5, 0.6) is 0 Å². The first-order valence-corrected chi connectivity index (χ1v) is 13.0. The summed E-state index contributed by atoms with van der Waals surface area (Å²) in [6.07, 6.45) is 10.8. The highest BCUT2D eigenvalue weighted by atomic mass is 19.1. The third-order valence-corrected chi connectivity index (χ3v) is 7.37. The number of benzene rings is 2. The second kappa shape index (κ2) is 12.2. The Morgan fingerprint density at radius 3 is 2.37 bits per heavy atom. The zero-order chi connectivity index (χ0) is 25.4. The Labute approximate surface area is 211 Å². The molecule has 35 heavy (non-hydrogen) atoms. The second-order valence-electron chi connectivity index (χ2n) is 9.97. The number of alkyl halides is 1. The normalized spacial score (nSPS) is 14.5. The van der Waals surface area contributed by atoms with Crippen molar-refractivity contribution in [1.82, 2.24) is 4.57 Å². The second-order valence-corrected chi connectivity index (χ2v) is 9.97. The Kier molecular flexibility index (Phi) is 9.26. The molecule has 0 N–H and O–H groups in total. The van der Waals surface area contributed by atoms with Gasteiger partial charge in [-0.2, -0.15) is 0 Å². The number of aryl methyl sites for hydroxylation is 2. The van der Waals surface area contributed by atoms with E-state index in [-0.39, 0.29) is 5.41 Å². The Balaban J connectivity index is 1.93. The molecule has 3 heteroatoms. The molecule has 0 radical (unpaired) electrons. The van der Waals surface area contributed by atoms with E-state index in [1.165, 1.54) is 17.0 Å². The van der Waals surface area contributed by atoms with Crippen molar-refractivity contribution in [3.05, 3.63) is 95.3 Å². The van der Waals surface area contributed by atoms with E-state index >= 15 is 0 Å². The van der Waals surface area contributed by atoms with Crippen molar-refractivity contribution in [1.29, 1.82) is 0 Å². The van der Waals surface area contributed by atoms with Gasteiger partial charge in [-0.05, 0) is 78.9 Å². The molecule has 0 aliphatic carbocycles. The number of rotatable bonds is 11. The van der Waals surface area contributed by atoms with E-state index in [2.05, 4.69) is 98.7 Å². The summed E-state index contributed by atoms with van der Waals surface area (Å²) in [6, 6.07) is 19.1. The summed E-state index contributed by atoms with van der Waals surface area (Å²) in [5.41, 5.74) is 6.82. The van der Waals surface area contributed by atoms with E-state index in [9.17, 15) is 4.39 Å². The Bertz CT molecular complexity index is 1170. The van der Waals surface area contributed by atoms with Gasteiger partial charge in [0.2, 0.25) is 0 Å². The molecular weight excluding hydrogens is 431 g/mol. The van der Waals surface area contributed by atoms with Gasteiger partial charge in [0.05, 0.1) is 19.2 Å². The van der Waals surface area contributed by atoms with Crippen molar-refractivity contribution >= 4 is 5.57 Å². The number of hydrogen-bond acceptors (Lipinski definition) is 0. The molecule has 0 aliphatic heterocycles. The summed E-state index contributed by atoms with van der Waals surface area (Å²) in [6.45, 7) is 11.5. The number of halogens is 1. The number of aromatic nitrogens is 2. The van der Waals surface area contributed by atoms with Crippen LogP contribution in [0.1, 0.15) is 71.4 Å². The maximum Gasteiger partial charge on any atom is 0.288 e. The molecule has 0 saturated heterocycles. The zero-order valence-electron chi connectivity index (χ0n) is 22.4. The SMILES string of the molecule is CCCn1cc[n+](C)c1-c1ccccc1C(C)(CC)CC/C=C(C)\C(=C(\C)CF)c1ccccc1. The van der Waals surface area contributed by atoms with Gasteiger partial charge in [0.1, 0.15) is 19.1 Å². The van der Waals surface area contributed by atoms with E-state index in [0.717, 1.165) is 54.5 Å². The topological polar surface area (TPSA) is 8.81 Å². The summed E-state index contributed by atoms with van der Waals surface area (Å²) in [5.74, 6) is 1.27. The molecule has 0 bridgehead atoms. The minimum absolute atomic E-state index is 0.0352. The Morgan fingerprint density at radius 1 is 1.03 bits per heavy atom. The first kappa shape index (κ1) is 26.7. The van der Waals surface area contributed by atoms with Crippen LogP contribution >= 0.6 is 0 Å². The number of hydrogen-bond donors (Lipinski definition) is 0. The molecule has 1 atom stereocenters. The molecule has 2 aromatic carbocycles. The van der Waals surface area contributed by atoms with Crippen molar-refractivity contribution in [2.45, 2.75) is 72.3 Å². The summed E-state index contributed by atoms with van der Waals surface area (Å²) >= 11 is 0. The monoisotopic (exact) mass is 473 g/mol. The molecule has 2 nitrogen and oxygen atoms in total. The highest BCUT2D eigenvalue weighted by molar-refractivity contribution is 5.80. The van der Waals surface area contributed by atoms with Crippen LogP contribution in [0.2, 0.25) is 0 Å². The quantitative estimate of drug-likeness (QED) is 0.196. The van der Waals surface area contributed by atoms with Crippen LogP contribution in [0.4, 0.5) is 4.39 Å². The van der Waals surface area contributed by atoms with E-state index in [0.29, 0.717) is 0 Å². The third kappa shape index (κ3) is 6.01. The van der Waals surface area contributed by atoms with Gasteiger partial charge in [0, 0.05) is 0 Å². The van der Waals surface area contributed by atoms with Gasteiger partial charge < -0.3 is 0 Å². The maximum atomic E-state index is 13.7. The fourth-order valence-corrected chi connectivity index (χ4v) is 5.19. The van der Waals surface area contributed by atoms with Crippen molar-refractivity contribution in [2.75, 3.05) is 6.67 Å². The fraction of sp³-hybridized carbons (Fsp3) is 0.406. The van der Waals surface area contributed by atoms with Gasteiger partial charge in [-0.15, -0.1) is 0 Å². The molecule has 3 aromatic rings. The molecule has 3 rings (SSSR count). The maximum absolute atomic E-state index is 13.7. The molecule has 1 unspecified atom stereocenters. The molecule has 0 spiro atoms. The lowest BCUT2D eigenvalue weighted by Gasteiger charge is -2.30. The molecule has 1 aromatic heterocycles. The first-order valence-electron chi connectivity index (χ1n) is 13.0. The van der Waals surface area contributed by atoms with Gasteiger partial charge >= 0.3 is 0 Å². The first-order chi connectivity index (χ1) is 16.9. The van der Waals surface area contributed by atoms with Crippen LogP contribution in [0.15, 0.2) is 84.2 Å². The minimum Gasteiger partial charge on any atom is -0.246 e. The van der Waals surface area contributed by atoms with E-state index < -0.39 is 6.67 Å². The molecule has 0 amide bonds. The van der Waals surface area contributed by atoms with Gasteiger partial charge in [-0.3, -0.25) is 0 Å². The van der Waals surface area contributed by atoms with Crippen molar-refractivity contribution in [2.24, 2.45) is 7.05 Å². The summed E-state index contributed by atoms with van der Waals surface area (Å²) in [5, 5.41) is 0. The van der Waals surface area contributed by atoms with Crippen LogP contribution < -0.4 is 4.57 Å². The van der Waals surface area contributed by atoms with E-state index in [1.807, 2.05) is 25.1 Å². The highest BCUT2D eigenvalue weighted by Crippen LogP contribution is 2.39. The van der Waals surface area contributed by atoms with Gasteiger partial charge in [0.15, 0.2) is 0 Å². The fourth-order valence-electron chi connectivity index (χ4n) is 5.19. The van der Waals surface area contributed by atoms with Crippen LogP contribution in [0.25, 0.3) is 17.0 Å². The molecular formula is C32H42FN2+. The lowest BCUT2D eigenvalue weighted by Crippen LogP contribution is -2.31. The van der Waals surface area contributed by atoms with Crippen LogP contribution in [-0.2, 0) is 19.0 Å². The number of imidazole rings is 1. The van der Waals surface area contributed by atoms with Crippen LogP contribution in [0.3, 0.4) is 0 Å². The molecule has 1 heterocycles. The molecule has 0 fully saturated rings. The third-order valence-electron chi connectivity index (χ3n) is 7.37. The number of nitrogens with zero attached hydrogens (tertiary/aromatic N) is 2. The van der Waals surface area contributed by atoms with Gasteiger partial charge in [-0.25, -0.2) is 13.5 Å². The summed E-state index contributed by atoms with van der Waals surface area (Å²) in [4.78, 5) is 0. The minimum atomic E-state index is -0.427. The lowest BCUT2D eigenvalue weighted by molar-refractivity contribution is -0.659. The zero-order valence-corrected chi connectivity index (χ0v) is 22.4. The average molecular weight is 474 g/mol. The van der Waals surface area contributed by atoms with Crippen LogP contribution in [-0.4, -0.2) is 11.2 Å². The van der Waals surface area contributed by atoms with Gasteiger partial charge in [0.25, 0.3) is 5.82 Å². The predicted octanol–water partition coefficient (Wildman–Crippen LogP) is 8.23. The molecule has 0 aliphatic rings. The highest BCUT2D eigenvalue weighted by Gasteiger charge is 2.30. The van der Waals surface area contributed by atoms with Gasteiger partial charge in [-0.1, -0.05) is 75.4 Å².